The van der Waals surface area contributed by atoms with Crippen LogP contribution in [-0.4, -0.2) is 17.9 Å². The van der Waals surface area contributed by atoms with Gasteiger partial charge < -0.3 is 14.2 Å². The van der Waals surface area contributed by atoms with Crippen LogP contribution in [0, 0.1) is 6.92 Å². The highest BCUT2D eigenvalue weighted by Crippen LogP contribution is 2.22. The van der Waals surface area contributed by atoms with Crippen LogP contribution in [0.25, 0.3) is 11.7 Å². The molecule has 6 heteroatoms. The summed E-state index contributed by atoms with van der Waals surface area (Å²) in [5, 5.41) is 5.92. The molecule has 0 spiro atoms. The Hall–Kier alpha value is -2.86. The predicted octanol–water partition coefficient (Wildman–Crippen LogP) is 2.82. The number of nitrogens with zero attached hydrogens (tertiary/aromatic N) is 1. The van der Waals surface area contributed by atoms with E-state index in [2.05, 4.69) is 15.6 Å². The second-order valence-electron chi connectivity index (χ2n) is 5.34. The predicted molar refractivity (Wildman–Crippen MR) is 89.0 cm³/mol. The fourth-order valence-corrected chi connectivity index (χ4v) is 2.45. The number of nitrogens with one attached hydrogen (secondary N) is 2. The lowest BCUT2D eigenvalue weighted by Crippen LogP contribution is -2.35. The highest BCUT2D eigenvalue weighted by Gasteiger charge is 2.20. The summed E-state index contributed by atoms with van der Waals surface area (Å²) in [7, 11) is 1.62. The van der Waals surface area contributed by atoms with Gasteiger partial charge in [-0.25, -0.2) is 4.98 Å². The largest absolute Gasteiger partial charge is 0.459 e. The minimum atomic E-state index is -0.459. The molecule has 2 heterocycles. The van der Waals surface area contributed by atoms with Crippen molar-refractivity contribution in [3.05, 3.63) is 65.7 Å². The summed E-state index contributed by atoms with van der Waals surface area (Å²) >= 11 is 0. The monoisotopic (exact) mass is 325 g/mol. The van der Waals surface area contributed by atoms with Crippen molar-refractivity contribution in [2.45, 2.75) is 19.5 Å². The van der Waals surface area contributed by atoms with Crippen molar-refractivity contribution in [3.63, 3.8) is 0 Å². The lowest BCUT2D eigenvalue weighted by Gasteiger charge is -2.17. The van der Waals surface area contributed by atoms with E-state index in [1.54, 1.807) is 25.4 Å². The molecule has 2 N–H and O–H groups in total. The first-order valence-electron chi connectivity index (χ1n) is 7.69. The Kier molecular flexibility index (Phi) is 4.77. The molecule has 0 aliphatic heterocycles. The Morgan fingerprint density at radius 1 is 1.21 bits per heavy atom. The number of likely N-dealkylation sites (N-methyl/N-ethyl adjacent to an activating group) is 1. The zero-order valence-electron chi connectivity index (χ0n) is 13.6. The standard InChI is InChI=1S/C18H19N3O3/c1-12-14(21-18(24-12)15-9-6-10-23-15)11-20-16(17(22)19-2)13-7-4-3-5-8-13/h3-10,16,20H,11H2,1-2H3,(H,19,22)/t16-/m1/s1. The first-order valence-corrected chi connectivity index (χ1v) is 7.69. The normalized spacial score (nSPS) is 12.1. The number of amides is 1. The number of hydrogen-bond acceptors (Lipinski definition) is 5. The number of aryl methyl sites for hydroxylation is 1. The van der Waals surface area contributed by atoms with E-state index in [0.29, 0.717) is 24.0 Å². The molecule has 0 fully saturated rings. The van der Waals surface area contributed by atoms with Gasteiger partial charge in [-0.1, -0.05) is 30.3 Å². The van der Waals surface area contributed by atoms with Gasteiger partial charge in [-0.2, -0.15) is 0 Å². The average molecular weight is 325 g/mol. The van der Waals surface area contributed by atoms with Crippen molar-refractivity contribution in [2.75, 3.05) is 7.05 Å². The molecule has 1 atom stereocenters. The number of furan rings is 1. The molecule has 0 saturated carbocycles. The molecule has 0 unspecified atom stereocenters. The molecule has 0 aliphatic carbocycles. The van der Waals surface area contributed by atoms with Gasteiger partial charge in [0.25, 0.3) is 5.89 Å². The average Bonchev–Trinajstić information content (AvgIpc) is 3.26. The van der Waals surface area contributed by atoms with Crippen molar-refractivity contribution in [3.8, 4) is 11.7 Å². The molecule has 2 aromatic heterocycles. The minimum absolute atomic E-state index is 0.103. The van der Waals surface area contributed by atoms with Gasteiger partial charge in [0.15, 0.2) is 5.76 Å². The highest BCUT2D eigenvalue weighted by molar-refractivity contribution is 5.82. The summed E-state index contributed by atoms with van der Waals surface area (Å²) < 4.78 is 10.9. The van der Waals surface area contributed by atoms with Crippen LogP contribution in [0.3, 0.4) is 0 Å². The van der Waals surface area contributed by atoms with Gasteiger partial charge >= 0.3 is 0 Å². The van der Waals surface area contributed by atoms with Crippen molar-refractivity contribution in [2.24, 2.45) is 0 Å². The number of hydrogen-bond donors (Lipinski definition) is 2. The second kappa shape index (κ2) is 7.14. The fourth-order valence-electron chi connectivity index (χ4n) is 2.45. The molecule has 0 aliphatic rings. The van der Waals surface area contributed by atoms with Gasteiger partial charge in [0.1, 0.15) is 11.8 Å². The van der Waals surface area contributed by atoms with Crippen molar-refractivity contribution in [1.29, 1.82) is 0 Å². The number of benzene rings is 1. The lowest BCUT2D eigenvalue weighted by atomic mass is 10.1. The van der Waals surface area contributed by atoms with Crippen LogP contribution in [0.15, 0.2) is 57.6 Å². The Morgan fingerprint density at radius 2 is 2.00 bits per heavy atom. The smallest absolute Gasteiger partial charge is 0.263 e. The Bertz CT molecular complexity index is 794. The number of carbonyl (C=O) groups excluding carboxylic acids is 1. The third-order valence-electron chi connectivity index (χ3n) is 3.74. The van der Waals surface area contributed by atoms with Crippen LogP contribution in [0.2, 0.25) is 0 Å². The molecule has 0 saturated heterocycles. The second-order valence-corrected chi connectivity index (χ2v) is 5.34. The molecule has 1 amide bonds. The minimum Gasteiger partial charge on any atom is -0.459 e. The van der Waals surface area contributed by atoms with E-state index in [0.717, 1.165) is 11.3 Å². The Balaban J connectivity index is 1.77. The van der Waals surface area contributed by atoms with Crippen LogP contribution in [-0.2, 0) is 11.3 Å². The van der Waals surface area contributed by atoms with Crippen LogP contribution in [0.5, 0.6) is 0 Å². The van der Waals surface area contributed by atoms with E-state index in [9.17, 15) is 4.79 Å². The van der Waals surface area contributed by atoms with E-state index < -0.39 is 6.04 Å². The first kappa shape index (κ1) is 16.0. The molecule has 6 nitrogen and oxygen atoms in total. The third kappa shape index (κ3) is 3.38. The summed E-state index contributed by atoms with van der Waals surface area (Å²) in [6, 6.07) is 12.7. The zero-order valence-corrected chi connectivity index (χ0v) is 13.6. The Morgan fingerprint density at radius 3 is 2.67 bits per heavy atom. The molecular weight excluding hydrogens is 306 g/mol. The molecule has 124 valence electrons. The maximum absolute atomic E-state index is 12.2. The van der Waals surface area contributed by atoms with E-state index >= 15 is 0 Å². The van der Waals surface area contributed by atoms with Crippen LogP contribution < -0.4 is 10.6 Å². The quantitative estimate of drug-likeness (QED) is 0.728. The van der Waals surface area contributed by atoms with Crippen molar-refractivity contribution in [1.82, 2.24) is 15.6 Å². The van der Waals surface area contributed by atoms with Gasteiger partial charge in [0, 0.05) is 13.6 Å². The van der Waals surface area contributed by atoms with Gasteiger partial charge in [-0.3, -0.25) is 10.1 Å². The summed E-state index contributed by atoms with van der Waals surface area (Å²) in [4.78, 5) is 16.6. The van der Waals surface area contributed by atoms with E-state index in [4.69, 9.17) is 8.83 Å². The molecule has 0 bridgehead atoms. The fraction of sp³-hybridized carbons (Fsp3) is 0.222. The van der Waals surface area contributed by atoms with Gasteiger partial charge in [0.05, 0.1) is 12.0 Å². The molecule has 24 heavy (non-hydrogen) atoms. The maximum atomic E-state index is 12.2. The summed E-state index contributed by atoms with van der Waals surface area (Å²) in [5.41, 5.74) is 1.63. The zero-order chi connectivity index (χ0) is 16.9. The molecule has 3 rings (SSSR count). The van der Waals surface area contributed by atoms with E-state index in [-0.39, 0.29) is 5.91 Å². The SMILES string of the molecule is CNC(=O)[C@H](NCc1nc(-c2ccco2)oc1C)c1ccccc1. The van der Waals surface area contributed by atoms with Crippen LogP contribution in [0.1, 0.15) is 23.1 Å². The first-order chi connectivity index (χ1) is 11.7. The van der Waals surface area contributed by atoms with E-state index in [1.165, 1.54) is 0 Å². The van der Waals surface area contributed by atoms with Crippen LogP contribution >= 0.6 is 0 Å². The van der Waals surface area contributed by atoms with Crippen molar-refractivity contribution < 1.29 is 13.6 Å². The summed E-state index contributed by atoms with van der Waals surface area (Å²) in [6.07, 6.45) is 1.57. The van der Waals surface area contributed by atoms with Crippen molar-refractivity contribution >= 4 is 5.91 Å². The highest BCUT2D eigenvalue weighted by atomic mass is 16.4. The van der Waals surface area contributed by atoms with Crippen LogP contribution in [0.4, 0.5) is 0 Å². The molecule has 0 radical (unpaired) electrons. The molecule has 1 aromatic carbocycles. The summed E-state index contributed by atoms with van der Waals surface area (Å²) in [5.74, 6) is 1.60. The number of oxazole rings is 1. The topological polar surface area (TPSA) is 80.3 Å². The third-order valence-corrected chi connectivity index (χ3v) is 3.74. The Labute approximate surface area is 139 Å². The number of rotatable bonds is 6. The number of aromatic nitrogens is 1. The number of carbonyl (C=O) groups is 1. The lowest BCUT2D eigenvalue weighted by molar-refractivity contribution is -0.122. The van der Waals surface area contributed by atoms with Gasteiger partial charge in [-0.05, 0) is 24.6 Å². The maximum Gasteiger partial charge on any atom is 0.263 e. The van der Waals surface area contributed by atoms with E-state index in [1.807, 2.05) is 37.3 Å². The van der Waals surface area contributed by atoms with Gasteiger partial charge in [0.2, 0.25) is 5.91 Å². The molecule has 3 aromatic rings. The summed E-state index contributed by atoms with van der Waals surface area (Å²) in [6.45, 7) is 2.25. The van der Waals surface area contributed by atoms with Gasteiger partial charge in [-0.15, -0.1) is 0 Å². The molecular formula is C18H19N3O3.